The lowest BCUT2D eigenvalue weighted by Crippen LogP contribution is -2.35. The number of carbonyl (C=O) groups excluding carboxylic acids is 1. The van der Waals surface area contributed by atoms with Crippen molar-refractivity contribution >= 4 is 23.6 Å². The first kappa shape index (κ1) is 14.2. The van der Waals surface area contributed by atoms with E-state index >= 15 is 0 Å². The van der Waals surface area contributed by atoms with Gasteiger partial charge in [0.15, 0.2) is 0 Å². The Morgan fingerprint density at radius 3 is 2.85 bits per heavy atom. The molecule has 4 N–H and O–H groups in total. The van der Waals surface area contributed by atoms with E-state index in [2.05, 4.69) is 10.6 Å². The van der Waals surface area contributed by atoms with Crippen LogP contribution in [0.15, 0.2) is 30.3 Å². The van der Waals surface area contributed by atoms with E-state index in [-0.39, 0.29) is 5.91 Å². The third kappa shape index (κ3) is 3.91. The van der Waals surface area contributed by atoms with Gasteiger partial charge in [0.05, 0.1) is 12.1 Å². The van der Waals surface area contributed by atoms with Crippen molar-refractivity contribution in [3.05, 3.63) is 35.9 Å². The molecule has 0 saturated carbocycles. The van der Waals surface area contributed by atoms with Crippen LogP contribution in [0.1, 0.15) is 12.0 Å². The Balaban J connectivity index is 2.00. The molecule has 1 aromatic carbocycles. The summed E-state index contributed by atoms with van der Waals surface area (Å²) in [6.45, 7) is 0.416. The number of β-amino-alcohol motifs (C(OH)–C–C–N with tert-alkyl or cyclic N) is 1. The summed E-state index contributed by atoms with van der Waals surface area (Å²) in [5.41, 5.74) is 1.27. The van der Waals surface area contributed by atoms with Crippen molar-refractivity contribution < 1.29 is 19.8 Å². The third-order valence-corrected chi connectivity index (χ3v) is 3.00. The fourth-order valence-electron chi connectivity index (χ4n) is 2.03. The van der Waals surface area contributed by atoms with E-state index in [0.29, 0.717) is 24.2 Å². The highest BCUT2D eigenvalue weighted by Gasteiger charge is 2.27. The fourth-order valence-corrected chi connectivity index (χ4v) is 2.03. The van der Waals surface area contributed by atoms with Crippen LogP contribution in [0.3, 0.4) is 0 Å². The van der Waals surface area contributed by atoms with Crippen molar-refractivity contribution in [2.75, 3.05) is 11.9 Å². The molecule has 0 bridgehead atoms. The van der Waals surface area contributed by atoms with E-state index in [0.717, 1.165) is 6.08 Å². The maximum atomic E-state index is 11.9. The molecule has 1 fully saturated rings. The largest absolute Gasteiger partial charge is 0.478 e. The number of carboxylic acids is 1. The Morgan fingerprint density at radius 1 is 1.40 bits per heavy atom. The molecule has 6 heteroatoms. The minimum Gasteiger partial charge on any atom is -0.478 e. The Kier molecular flexibility index (Phi) is 4.49. The van der Waals surface area contributed by atoms with Gasteiger partial charge in [-0.1, -0.05) is 12.1 Å². The van der Waals surface area contributed by atoms with Gasteiger partial charge in [-0.15, -0.1) is 0 Å². The number of hydrogen-bond acceptors (Lipinski definition) is 4. The first-order chi connectivity index (χ1) is 9.54. The molecule has 20 heavy (non-hydrogen) atoms. The van der Waals surface area contributed by atoms with E-state index in [1.54, 1.807) is 24.3 Å². The molecule has 0 aliphatic carbocycles. The van der Waals surface area contributed by atoms with Crippen LogP contribution in [0.5, 0.6) is 0 Å². The van der Waals surface area contributed by atoms with E-state index in [4.69, 9.17) is 5.11 Å². The van der Waals surface area contributed by atoms with Gasteiger partial charge < -0.3 is 20.8 Å². The summed E-state index contributed by atoms with van der Waals surface area (Å²) < 4.78 is 0. The van der Waals surface area contributed by atoms with Crippen molar-refractivity contribution in [3.63, 3.8) is 0 Å². The first-order valence-electron chi connectivity index (χ1n) is 6.28. The molecular formula is C14H16N2O4. The number of rotatable bonds is 4. The number of hydrogen-bond donors (Lipinski definition) is 4. The number of aliphatic carboxylic acids is 1. The Bertz CT molecular complexity index is 542. The summed E-state index contributed by atoms with van der Waals surface area (Å²) in [7, 11) is 0. The molecule has 0 aromatic heterocycles. The number of carbonyl (C=O) groups is 2. The molecule has 0 spiro atoms. The molecule has 1 aliphatic heterocycles. The van der Waals surface area contributed by atoms with Gasteiger partial charge in [-0.25, -0.2) is 4.79 Å². The van der Waals surface area contributed by atoms with Crippen LogP contribution in [0.2, 0.25) is 0 Å². The fraction of sp³-hybridized carbons (Fsp3) is 0.286. The van der Waals surface area contributed by atoms with Crippen LogP contribution in [-0.4, -0.2) is 40.8 Å². The normalized spacial score (nSPS) is 22.1. The highest BCUT2D eigenvalue weighted by Crippen LogP contribution is 2.14. The number of amides is 1. The van der Waals surface area contributed by atoms with Crippen LogP contribution in [-0.2, 0) is 9.59 Å². The molecule has 1 aromatic rings. The lowest BCUT2D eigenvalue weighted by atomic mass is 10.1. The molecule has 1 amide bonds. The van der Waals surface area contributed by atoms with Gasteiger partial charge in [-0.05, 0) is 30.2 Å². The molecule has 2 unspecified atom stereocenters. The zero-order valence-electron chi connectivity index (χ0n) is 10.7. The van der Waals surface area contributed by atoms with E-state index in [9.17, 15) is 14.7 Å². The zero-order valence-corrected chi connectivity index (χ0v) is 10.7. The molecule has 1 aliphatic rings. The summed E-state index contributed by atoms with van der Waals surface area (Å²) in [6, 6.07) is 6.48. The van der Waals surface area contributed by atoms with Gasteiger partial charge >= 0.3 is 5.97 Å². The predicted octanol–water partition coefficient (Wildman–Crippen LogP) is 0.446. The Labute approximate surface area is 116 Å². The molecule has 0 radical (unpaired) electrons. The maximum Gasteiger partial charge on any atom is 0.328 e. The van der Waals surface area contributed by atoms with Crippen molar-refractivity contribution in [1.29, 1.82) is 0 Å². The summed E-state index contributed by atoms with van der Waals surface area (Å²) in [4.78, 5) is 22.4. The highest BCUT2D eigenvalue weighted by molar-refractivity contribution is 5.95. The summed E-state index contributed by atoms with van der Waals surface area (Å²) in [5, 5.41) is 23.6. The molecule has 6 nitrogen and oxygen atoms in total. The number of nitrogens with one attached hydrogen (secondary N) is 2. The summed E-state index contributed by atoms with van der Waals surface area (Å²) in [5.74, 6) is -1.23. The standard InChI is InChI=1S/C14H16N2O4/c17-11-7-12(15-8-11)14(20)16-10-3-1-2-9(6-10)4-5-13(18)19/h1-6,11-12,15,17H,7-8H2,(H,16,20)(H,18,19)/b5-4+. The number of benzene rings is 1. The lowest BCUT2D eigenvalue weighted by Gasteiger charge is -2.11. The van der Waals surface area contributed by atoms with E-state index in [1.807, 2.05) is 0 Å². The molecule has 1 saturated heterocycles. The highest BCUT2D eigenvalue weighted by atomic mass is 16.4. The molecule has 2 atom stereocenters. The second-order valence-corrected chi connectivity index (χ2v) is 4.64. The molecular weight excluding hydrogens is 260 g/mol. The number of aliphatic hydroxyl groups excluding tert-OH is 1. The smallest absolute Gasteiger partial charge is 0.328 e. The molecule has 1 heterocycles. The van der Waals surface area contributed by atoms with Crippen LogP contribution >= 0.6 is 0 Å². The SMILES string of the molecule is O=C(O)/C=C/c1cccc(NC(=O)C2CC(O)CN2)c1. The van der Waals surface area contributed by atoms with Gasteiger partial charge in [0, 0.05) is 18.3 Å². The number of aliphatic hydroxyl groups is 1. The average Bonchev–Trinajstić information content (AvgIpc) is 2.84. The molecule has 2 rings (SSSR count). The van der Waals surface area contributed by atoms with Gasteiger partial charge in [0.2, 0.25) is 5.91 Å². The number of anilines is 1. The Morgan fingerprint density at radius 2 is 2.20 bits per heavy atom. The Hall–Kier alpha value is -2.18. The van der Waals surface area contributed by atoms with Gasteiger partial charge in [0.1, 0.15) is 0 Å². The van der Waals surface area contributed by atoms with Crippen LogP contribution in [0, 0.1) is 0 Å². The lowest BCUT2D eigenvalue weighted by molar-refractivity contribution is -0.131. The van der Waals surface area contributed by atoms with Gasteiger partial charge in [-0.3, -0.25) is 4.79 Å². The summed E-state index contributed by atoms with van der Waals surface area (Å²) >= 11 is 0. The summed E-state index contributed by atoms with van der Waals surface area (Å²) in [6.07, 6.45) is 2.39. The first-order valence-corrected chi connectivity index (χ1v) is 6.28. The third-order valence-electron chi connectivity index (χ3n) is 3.00. The maximum absolute atomic E-state index is 11.9. The zero-order chi connectivity index (χ0) is 14.5. The van der Waals surface area contributed by atoms with Crippen molar-refractivity contribution in [2.45, 2.75) is 18.6 Å². The van der Waals surface area contributed by atoms with Crippen LogP contribution in [0.25, 0.3) is 6.08 Å². The van der Waals surface area contributed by atoms with Crippen molar-refractivity contribution in [3.8, 4) is 0 Å². The number of carboxylic acid groups (broad SMARTS) is 1. The van der Waals surface area contributed by atoms with Crippen molar-refractivity contribution in [1.82, 2.24) is 5.32 Å². The monoisotopic (exact) mass is 276 g/mol. The second-order valence-electron chi connectivity index (χ2n) is 4.64. The topological polar surface area (TPSA) is 98.7 Å². The predicted molar refractivity (Wildman–Crippen MR) is 74.2 cm³/mol. The van der Waals surface area contributed by atoms with Crippen LogP contribution in [0.4, 0.5) is 5.69 Å². The molecule has 106 valence electrons. The second kappa shape index (κ2) is 6.31. The quantitative estimate of drug-likeness (QED) is 0.598. The van der Waals surface area contributed by atoms with Gasteiger partial charge in [-0.2, -0.15) is 0 Å². The van der Waals surface area contributed by atoms with Crippen molar-refractivity contribution in [2.24, 2.45) is 0 Å². The van der Waals surface area contributed by atoms with E-state index in [1.165, 1.54) is 6.08 Å². The minimum atomic E-state index is -1.02. The van der Waals surface area contributed by atoms with Crippen LogP contribution < -0.4 is 10.6 Å². The average molecular weight is 276 g/mol. The van der Waals surface area contributed by atoms with Gasteiger partial charge in [0.25, 0.3) is 0 Å². The minimum absolute atomic E-state index is 0.207. The van der Waals surface area contributed by atoms with E-state index < -0.39 is 18.1 Å².